The van der Waals surface area contributed by atoms with Gasteiger partial charge in [0.25, 0.3) is 0 Å². The van der Waals surface area contributed by atoms with Crippen molar-refractivity contribution in [1.82, 2.24) is 15.2 Å². The first-order valence-electron chi connectivity index (χ1n) is 5.68. The molecule has 1 atom stereocenters. The third-order valence-electron chi connectivity index (χ3n) is 2.73. The van der Waals surface area contributed by atoms with Gasteiger partial charge in [-0.1, -0.05) is 0 Å². The summed E-state index contributed by atoms with van der Waals surface area (Å²) in [4.78, 5) is 17.9. The Labute approximate surface area is 110 Å². The molecule has 2 heterocycles. The fraction of sp³-hybridized carbons (Fsp3) is 0.636. The molecule has 0 bridgehead atoms. The second kappa shape index (κ2) is 6.37. The van der Waals surface area contributed by atoms with Crippen LogP contribution < -0.4 is 5.32 Å². The van der Waals surface area contributed by atoms with E-state index in [2.05, 4.69) is 10.3 Å². The number of nitrogens with one attached hydrogen (secondary N) is 1. The number of amides is 1. The van der Waals surface area contributed by atoms with Crippen LogP contribution in [0.1, 0.15) is 12.1 Å². The van der Waals surface area contributed by atoms with Crippen LogP contribution in [-0.4, -0.2) is 46.9 Å². The molecule has 1 aliphatic rings. The summed E-state index contributed by atoms with van der Waals surface area (Å²) in [6.07, 6.45) is 0.591. The van der Waals surface area contributed by atoms with E-state index in [0.29, 0.717) is 19.0 Å². The normalized spacial score (nSPS) is 20.2. The number of hydrogen-bond donors (Lipinski definition) is 1. The van der Waals surface area contributed by atoms with Crippen LogP contribution >= 0.6 is 23.1 Å². The maximum Gasteiger partial charge on any atom is 0.224 e. The van der Waals surface area contributed by atoms with Gasteiger partial charge >= 0.3 is 0 Å². The SMILES string of the molecule is CN(Cc1cscn1)C(=O)CC1CSCCN1. The molecule has 0 saturated carbocycles. The molecule has 1 aromatic heterocycles. The topological polar surface area (TPSA) is 45.2 Å². The molecule has 2 rings (SSSR count). The first-order valence-corrected chi connectivity index (χ1v) is 7.77. The Morgan fingerprint density at radius 2 is 2.59 bits per heavy atom. The van der Waals surface area contributed by atoms with E-state index >= 15 is 0 Å². The predicted molar refractivity (Wildman–Crippen MR) is 72.3 cm³/mol. The van der Waals surface area contributed by atoms with E-state index in [0.717, 1.165) is 23.7 Å². The van der Waals surface area contributed by atoms with Gasteiger partial charge in [-0.25, -0.2) is 4.98 Å². The number of carbonyl (C=O) groups excluding carboxylic acids is 1. The Morgan fingerprint density at radius 3 is 3.24 bits per heavy atom. The summed E-state index contributed by atoms with van der Waals surface area (Å²) in [5, 5.41) is 5.37. The van der Waals surface area contributed by atoms with Crippen LogP contribution in [0.25, 0.3) is 0 Å². The Hall–Kier alpha value is -0.590. The van der Waals surface area contributed by atoms with Crippen LogP contribution in [0.15, 0.2) is 10.9 Å². The lowest BCUT2D eigenvalue weighted by molar-refractivity contribution is -0.130. The van der Waals surface area contributed by atoms with E-state index < -0.39 is 0 Å². The van der Waals surface area contributed by atoms with Crippen LogP contribution in [0, 0.1) is 0 Å². The van der Waals surface area contributed by atoms with Crippen molar-refractivity contribution < 1.29 is 4.79 Å². The summed E-state index contributed by atoms with van der Waals surface area (Å²) in [6, 6.07) is 0.333. The number of aromatic nitrogens is 1. The minimum absolute atomic E-state index is 0.193. The molecule has 17 heavy (non-hydrogen) atoms. The highest BCUT2D eigenvalue weighted by Crippen LogP contribution is 2.12. The van der Waals surface area contributed by atoms with Crippen molar-refractivity contribution in [2.45, 2.75) is 19.0 Å². The zero-order valence-electron chi connectivity index (χ0n) is 9.89. The van der Waals surface area contributed by atoms with Crippen molar-refractivity contribution in [3.05, 3.63) is 16.6 Å². The van der Waals surface area contributed by atoms with Gasteiger partial charge in [0, 0.05) is 42.9 Å². The van der Waals surface area contributed by atoms with Crippen molar-refractivity contribution >= 4 is 29.0 Å². The quantitative estimate of drug-likeness (QED) is 0.894. The zero-order chi connectivity index (χ0) is 12.1. The monoisotopic (exact) mass is 271 g/mol. The van der Waals surface area contributed by atoms with Crippen molar-refractivity contribution in [3.8, 4) is 0 Å². The fourth-order valence-electron chi connectivity index (χ4n) is 1.76. The Kier molecular flexibility index (Phi) is 4.82. The number of hydrogen-bond acceptors (Lipinski definition) is 5. The molecule has 0 radical (unpaired) electrons. The van der Waals surface area contributed by atoms with Gasteiger partial charge in [-0.05, 0) is 0 Å². The van der Waals surface area contributed by atoms with Gasteiger partial charge < -0.3 is 10.2 Å². The van der Waals surface area contributed by atoms with Crippen molar-refractivity contribution in [2.75, 3.05) is 25.1 Å². The number of thioether (sulfide) groups is 1. The minimum Gasteiger partial charge on any atom is -0.340 e. The molecule has 0 aromatic carbocycles. The summed E-state index contributed by atoms with van der Waals surface area (Å²) < 4.78 is 0. The maximum atomic E-state index is 12.0. The highest BCUT2D eigenvalue weighted by molar-refractivity contribution is 7.99. The van der Waals surface area contributed by atoms with E-state index in [-0.39, 0.29) is 5.91 Å². The van der Waals surface area contributed by atoms with Crippen LogP contribution in [0.3, 0.4) is 0 Å². The number of carbonyl (C=O) groups is 1. The van der Waals surface area contributed by atoms with Crippen LogP contribution in [0.4, 0.5) is 0 Å². The first kappa shape index (κ1) is 12.9. The second-order valence-corrected chi connectivity index (χ2v) is 6.03. The largest absolute Gasteiger partial charge is 0.340 e. The van der Waals surface area contributed by atoms with E-state index in [1.807, 2.05) is 24.2 Å². The average Bonchev–Trinajstić information content (AvgIpc) is 2.83. The Morgan fingerprint density at radius 1 is 1.71 bits per heavy atom. The van der Waals surface area contributed by atoms with E-state index in [1.165, 1.54) is 0 Å². The molecule has 1 N–H and O–H groups in total. The molecular weight excluding hydrogens is 254 g/mol. The van der Waals surface area contributed by atoms with Gasteiger partial charge in [-0.2, -0.15) is 11.8 Å². The lowest BCUT2D eigenvalue weighted by Crippen LogP contribution is -2.41. The standard InChI is InChI=1S/C11H17N3OS2/c1-14(5-10-7-17-8-13-10)11(15)4-9-6-16-3-2-12-9/h7-9,12H,2-6H2,1H3. The molecule has 4 nitrogen and oxygen atoms in total. The van der Waals surface area contributed by atoms with Gasteiger partial charge in [0.05, 0.1) is 17.7 Å². The lowest BCUT2D eigenvalue weighted by Gasteiger charge is -2.25. The van der Waals surface area contributed by atoms with Crippen LogP contribution in [-0.2, 0) is 11.3 Å². The lowest BCUT2D eigenvalue weighted by atomic mass is 10.2. The highest BCUT2D eigenvalue weighted by Gasteiger charge is 2.19. The van der Waals surface area contributed by atoms with Crippen molar-refractivity contribution in [3.63, 3.8) is 0 Å². The first-order chi connectivity index (χ1) is 8.25. The minimum atomic E-state index is 0.193. The molecule has 0 aliphatic carbocycles. The number of rotatable bonds is 4. The Balaban J connectivity index is 1.78. The van der Waals surface area contributed by atoms with E-state index in [1.54, 1.807) is 21.7 Å². The highest BCUT2D eigenvalue weighted by atomic mass is 32.2. The molecule has 0 spiro atoms. The molecule has 1 aromatic rings. The van der Waals surface area contributed by atoms with E-state index in [4.69, 9.17) is 0 Å². The van der Waals surface area contributed by atoms with Gasteiger partial charge in [-0.3, -0.25) is 4.79 Å². The third-order valence-corrected chi connectivity index (χ3v) is 4.49. The predicted octanol–water partition coefficient (Wildman–Crippen LogP) is 1.20. The number of nitrogens with zero attached hydrogens (tertiary/aromatic N) is 2. The molecule has 1 saturated heterocycles. The molecule has 1 unspecified atom stereocenters. The summed E-state index contributed by atoms with van der Waals surface area (Å²) in [6.45, 7) is 1.63. The third kappa shape index (κ3) is 3.97. The van der Waals surface area contributed by atoms with E-state index in [9.17, 15) is 4.79 Å². The Bertz CT molecular complexity index is 350. The molecule has 6 heteroatoms. The zero-order valence-corrected chi connectivity index (χ0v) is 11.5. The molecule has 94 valence electrons. The number of thiazole rings is 1. The van der Waals surface area contributed by atoms with Crippen LogP contribution in [0.5, 0.6) is 0 Å². The average molecular weight is 271 g/mol. The van der Waals surface area contributed by atoms with Crippen molar-refractivity contribution in [1.29, 1.82) is 0 Å². The maximum absolute atomic E-state index is 12.0. The van der Waals surface area contributed by atoms with Gasteiger partial charge in [0.15, 0.2) is 0 Å². The van der Waals surface area contributed by atoms with Gasteiger partial charge in [0.1, 0.15) is 0 Å². The second-order valence-electron chi connectivity index (χ2n) is 4.16. The van der Waals surface area contributed by atoms with Gasteiger partial charge in [0.2, 0.25) is 5.91 Å². The summed E-state index contributed by atoms with van der Waals surface area (Å²) >= 11 is 3.48. The molecular formula is C11H17N3OS2. The van der Waals surface area contributed by atoms with Crippen LogP contribution in [0.2, 0.25) is 0 Å². The summed E-state index contributed by atoms with van der Waals surface area (Å²) in [5.41, 5.74) is 2.77. The summed E-state index contributed by atoms with van der Waals surface area (Å²) in [5.74, 6) is 2.38. The fourth-order valence-corrected chi connectivity index (χ4v) is 3.26. The molecule has 1 amide bonds. The molecule has 1 fully saturated rings. The molecule has 1 aliphatic heterocycles. The smallest absolute Gasteiger partial charge is 0.224 e. The van der Waals surface area contributed by atoms with Gasteiger partial charge in [-0.15, -0.1) is 11.3 Å². The van der Waals surface area contributed by atoms with Crippen molar-refractivity contribution in [2.24, 2.45) is 0 Å². The summed E-state index contributed by atoms with van der Waals surface area (Å²) in [7, 11) is 1.84.